The van der Waals surface area contributed by atoms with E-state index in [2.05, 4.69) is 5.10 Å². The van der Waals surface area contributed by atoms with E-state index in [-0.39, 0.29) is 5.78 Å². The Bertz CT molecular complexity index is 632. The maximum atomic E-state index is 12.3. The molecule has 2 rings (SSSR count). The van der Waals surface area contributed by atoms with Gasteiger partial charge in [-0.3, -0.25) is 9.48 Å². The lowest BCUT2D eigenvalue weighted by Crippen LogP contribution is -2.12. The van der Waals surface area contributed by atoms with Crippen molar-refractivity contribution in [2.45, 2.75) is 39.7 Å². The number of anilines is 1. The highest BCUT2D eigenvalue weighted by Gasteiger charge is 2.17. The van der Waals surface area contributed by atoms with Crippen molar-refractivity contribution in [3.05, 3.63) is 46.2 Å². The number of hydrogen-bond donors (Lipinski definition) is 1. The minimum Gasteiger partial charge on any atom is -0.399 e. The second-order valence-corrected chi connectivity index (χ2v) is 5.39. The van der Waals surface area contributed by atoms with Crippen LogP contribution in [0.2, 0.25) is 5.02 Å². The summed E-state index contributed by atoms with van der Waals surface area (Å²) in [5.41, 5.74) is 8.98. The fraction of sp³-hybridized carbons (Fsp3) is 0.375. The summed E-state index contributed by atoms with van der Waals surface area (Å²) in [7, 11) is 0. The lowest BCUT2D eigenvalue weighted by atomic mass is 10.1. The normalized spacial score (nSPS) is 10.8. The molecule has 0 fully saturated rings. The van der Waals surface area contributed by atoms with Gasteiger partial charge < -0.3 is 5.73 Å². The number of carbonyl (C=O) groups is 1. The average Bonchev–Trinajstić information content (AvgIpc) is 2.77. The molecule has 0 bridgehead atoms. The first-order valence-corrected chi connectivity index (χ1v) is 7.53. The first-order valence-electron chi connectivity index (χ1n) is 7.15. The molecule has 4 nitrogen and oxygen atoms in total. The highest BCUT2D eigenvalue weighted by atomic mass is 35.5. The number of nitrogen functional groups attached to an aromatic ring is 1. The van der Waals surface area contributed by atoms with Gasteiger partial charge in [-0.05, 0) is 31.0 Å². The van der Waals surface area contributed by atoms with E-state index < -0.39 is 0 Å². The molecule has 2 N–H and O–H groups in total. The molecule has 21 heavy (non-hydrogen) atoms. The molecule has 1 aromatic heterocycles. The smallest absolute Gasteiger partial charge is 0.143 e. The van der Waals surface area contributed by atoms with Crippen molar-refractivity contribution in [3.8, 4) is 0 Å². The van der Waals surface area contributed by atoms with E-state index >= 15 is 0 Å². The first kappa shape index (κ1) is 15.6. The second-order valence-electron chi connectivity index (χ2n) is 5.01. The van der Waals surface area contributed by atoms with Crippen LogP contribution in [-0.2, 0) is 30.6 Å². The van der Waals surface area contributed by atoms with Crippen LogP contribution in [0, 0.1) is 0 Å². The van der Waals surface area contributed by atoms with Gasteiger partial charge in [-0.15, -0.1) is 0 Å². The minimum absolute atomic E-state index is 0.124. The summed E-state index contributed by atoms with van der Waals surface area (Å²) < 4.78 is 1.82. The number of aromatic nitrogens is 2. The number of benzene rings is 1. The molecule has 0 saturated carbocycles. The van der Waals surface area contributed by atoms with Gasteiger partial charge in [0.1, 0.15) is 5.78 Å². The molecule has 0 aliphatic heterocycles. The Labute approximate surface area is 129 Å². The maximum Gasteiger partial charge on any atom is 0.143 e. The van der Waals surface area contributed by atoms with Gasteiger partial charge in [0.15, 0.2) is 0 Å². The monoisotopic (exact) mass is 305 g/mol. The second kappa shape index (κ2) is 6.76. The van der Waals surface area contributed by atoms with E-state index in [1.54, 1.807) is 12.1 Å². The van der Waals surface area contributed by atoms with Crippen molar-refractivity contribution in [3.63, 3.8) is 0 Å². The average molecular weight is 306 g/mol. The van der Waals surface area contributed by atoms with Crippen molar-refractivity contribution < 1.29 is 4.79 Å². The summed E-state index contributed by atoms with van der Waals surface area (Å²) in [6.45, 7) is 4.72. The van der Waals surface area contributed by atoms with Crippen LogP contribution in [0.3, 0.4) is 0 Å². The molecule has 5 heteroatoms. The van der Waals surface area contributed by atoms with E-state index in [0.717, 1.165) is 23.4 Å². The lowest BCUT2D eigenvalue weighted by molar-refractivity contribution is -0.117. The third-order valence-corrected chi connectivity index (χ3v) is 3.88. The van der Waals surface area contributed by atoms with Crippen molar-refractivity contribution in [2.75, 3.05) is 5.73 Å². The number of nitrogens with zero attached hydrogens (tertiary/aromatic N) is 2. The molecule has 0 saturated heterocycles. The molecular weight excluding hydrogens is 286 g/mol. The molecule has 0 unspecified atom stereocenters. The largest absolute Gasteiger partial charge is 0.399 e. The topological polar surface area (TPSA) is 60.9 Å². The molecule has 0 aliphatic rings. The van der Waals surface area contributed by atoms with Crippen LogP contribution in [0.5, 0.6) is 0 Å². The SMILES string of the molecule is CCc1nn(CC)c(CC(=O)Cc2ccc(N)cc2)c1Cl. The summed E-state index contributed by atoms with van der Waals surface area (Å²) >= 11 is 6.32. The molecular formula is C16H20ClN3O. The van der Waals surface area contributed by atoms with Crippen molar-refractivity contribution >= 4 is 23.1 Å². The number of carbonyl (C=O) groups excluding carboxylic acids is 1. The van der Waals surface area contributed by atoms with Crippen LogP contribution in [0.25, 0.3) is 0 Å². The zero-order valence-corrected chi connectivity index (χ0v) is 13.2. The number of aryl methyl sites for hydroxylation is 2. The molecule has 1 aromatic carbocycles. The Hall–Kier alpha value is -1.81. The molecule has 1 heterocycles. The molecule has 0 radical (unpaired) electrons. The standard InChI is InChI=1S/C16H20ClN3O/c1-3-14-16(17)15(20(4-2)19-14)10-13(21)9-11-5-7-12(18)8-6-11/h5-8H,3-4,9-10,18H2,1-2H3. The molecule has 112 valence electrons. The highest BCUT2D eigenvalue weighted by Crippen LogP contribution is 2.22. The number of ketones is 1. The van der Waals surface area contributed by atoms with E-state index in [1.807, 2.05) is 30.7 Å². The third-order valence-electron chi connectivity index (χ3n) is 3.44. The zero-order valence-electron chi connectivity index (χ0n) is 12.4. The summed E-state index contributed by atoms with van der Waals surface area (Å²) in [6.07, 6.45) is 1.46. The van der Waals surface area contributed by atoms with Gasteiger partial charge in [0.2, 0.25) is 0 Å². The first-order chi connectivity index (χ1) is 10.0. The molecule has 0 spiro atoms. The van der Waals surface area contributed by atoms with Gasteiger partial charge in [0.25, 0.3) is 0 Å². The van der Waals surface area contributed by atoms with E-state index in [0.29, 0.717) is 30.1 Å². The van der Waals surface area contributed by atoms with Gasteiger partial charge in [-0.2, -0.15) is 5.10 Å². The van der Waals surface area contributed by atoms with Gasteiger partial charge in [-0.25, -0.2) is 0 Å². The van der Waals surface area contributed by atoms with Crippen LogP contribution < -0.4 is 5.73 Å². The van der Waals surface area contributed by atoms with Crippen LogP contribution in [0.1, 0.15) is 30.8 Å². The maximum absolute atomic E-state index is 12.3. The van der Waals surface area contributed by atoms with Gasteiger partial charge in [0, 0.05) is 18.7 Å². The van der Waals surface area contributed by atoms with E-state index in [4.69, 9.17) is 17.3 Å². The number of Topliss-reactive ketones (excluding diaryl/α,β-unsaturated/α-hetero) is 1. The minimum atomic E-state index is 0.124. The summed E-state index contributed by atoms with van der Waals surface area (Å²) in [5.74, 6) is 0.124. The van der Waals surface area contributed by atoms with Crippen LogP contribution in [-0.4, -0.2) is 15.6 Å². The summed E-state index contributed by atoms with van der Waals surface area (Å²) in [6, 6.07) is 7.37. The van der Waals surface area contributed by atoms with E-state index in [1.165, 1.54) is 0 Å². The fourth-order valence-corrected chi connectivity index (χ4v) is 2.63. The predicted molar refractivity (Wildman–Crippen MR) is 85.6 cm³/mol. The fourth-order valence-electron chi connectivity index (χ4n) is 2.30. The van der Waals surface area contributed by atoms with Crippen molar-refractivity contribution in [1.29, 1.82) is 0 Å². The molecule has 0 amide bonds. The summed E-state index contributed by atoms with van der Waals surface area (Å²) in [5, 5.41) is 5.06. The number of rotatable bonds is 6. The Morgan fingerprint density at radius 2 is 1.90 bits per heavy atom. The molecule has 0 atom stereocenters. The number of hydrogen-bond acceptors (Lipinski definition) is 3. The van der Waals surface area contributed by atoms with E-state index in [9.17, 15) is 4.79 Å². The Balaban J connectivity index is 2.12. The zero-order chi connectivity index (χ0) is 15.4. The Kier molecular flexibility index (Phi) is 5.02. The van der Waals surface area contributed by atoms with Crippen LogP contribution >= 0.6 is 11.6 Å². The lowest BCUT2D eigenvalue weighted by Gasteiger charge is -2.05. The molecule has 0 aliphatic carbocycles. The Morgan fingerprint density at radius 3 is 2.48 bits per heavy atom. The third kappa shape index (κ3) is 3.64. The summed E-state index contributed by atoms with van der Waals surface area (Å²) in [4.78, 5) is 12.3. The number of nitrogens with two attached hydrogens (primary N) is 1. The van der Waals surface area contributed by atoms with Gasteiger partial charge in [-0.1, -0.05) is 30.7 Å². The quantitative estimate of drug-likeness (QED) is 0.834. The molecule has 2 aromatic rings. The van der Waals surface area contributed by atoms with Gasteiger partial charge in [0.05, 0.1) is 22.8 Å². The van der Waals surface area contributed by atoms with Crippen molar-refractivity contribution in [2.24, 2.45) is 0 Å². The predicted octanol–water partition coefficient (Wildman–Crippen LogP) is 3.06. The van der Waals surface area contributed by atoms with Crippen LogP contribution in [0.4, 0.5) is 5.69 Å². The van der Waals surface area contributed by atoms with Crippen LogP contribution in [0.15, 0.2) is 24.3 Å². The Morgan fingerprint density at radius 1 is 1.24 bits per heavy atom. The number of halogens is 1. The van der Waals surface area contributed by atoms with Gasteiger partial charge >= 0.3 is 0 Å². The highest BCUT2D eigenvalue weighted by molar-refractivity contribution is 6.32. The van der Waals surface area contributed by atoms with Crippen molar-refractivity contribution in [1.82, 2.24) is 9.78 Å².